The zero-order valence-corrected chi connectivity index (χ0v) is 14.7. The minimum absolute atomic E-state index is 0.101. The summed E-state index contributed by atoms with van der Waals surface area (Å²) in [6.45, 7) is 5.82. The lowest BCUT2D eigenvalue weighted by Crippen LogP contribution is -2.26. The Labute approximate surface area is 139 Å². The predicted molar refractivity (Wildman–Crippen MR) is 94.6 cm³/mol. The Morgan fingerprint density at radius 3 is 1.90 bits per heavy atom. The van der Waals surface area contributed by atoms with E-state index in [1.54, 1.807) is 0 Å². The van der Waals surface area contributed by atoms with E-state index in [9.17, 15) is 4.79 Å². The SMILES string of the molecule is CC(C)(C)C(=O)COc1ccc(-c2ccc(I)cc2)cc1. The Hall–Kier alpha value is -1.36. The van der Waals surface area contributed by atoms with Crippen molar-refractivity contribution in [2.45, 2.75) is 20.8 Å². The van der Waals surface area contributed by atoms with E-state index < -0.39 is 0 Å². The van der Waals surface area contributed by atoms with Crippen LogP contribution in [0.1, 0.15) is 20.8 Å². The van der Waals surface area contributed by atoms with Gasteiger partial charge in [-0.1, -0.05) is 45.0 Å². The third-order valence-corrected chi connectivity index (χ3v) is 3.96. The fourth-order valence-corrected chi connectivity index (χ4v) is 2.11. The van der Waals surface area contributed by atoms with Gasteiger partial charge < -0.3 is 4.74 Å². The molecule has 0 saturated heterocycles. The summed E-state index contributed by atoms with van der Waals surface area (Å²) in [6.07, 6.45) is 0. The van der Waals surface area contributed by atoms with Crippen LogP contribution in [-0.2, 0) is 4.79 Å². The molecule has 2 aromatic rings. The first-order chi connectivity index (χ1) is 9.86. The molecule has 2 rings (SSSR count). The molecule has 21 heavy (non-hydrogen) atoms. The van der Waals surface area contributed by atoms with E-state index >= 15 is 0 Å². The van der Waals surface area contributed by atoms with E-state index in [-0.39, 0.29) is 17.8 Å². The van der Waals surface area contributed by atoms with Gasteiger partial charge in [-0.3, -0.25) is 4.79 Å². The first kappa shape index (κ1) is 16.0. The summed E-state index contributed by atoms with van der Waals surface area (Å²) in [4.78, 5) is 11.8. The number of carbonyl (C=O) groups is 1. The zero-order chi connectivity index (χ0) is 15.5. The van der Waals surface area contributed by atoms with Gasteiger partial charge >= 0.3 is 0 Å². The molecular weight excluding hydrogens is 375 g/mol. The molecule has 0 spiro atoms. The maximum absolute atomic E-state index is 11.8. The summed E-state index contributed by atoms with van der Waals surface area (Å²) in [7, 11) is 0. The van der Waals surface area contributed by atoms with Gasteiger partial charge in [-0.15, -0.1) is 0 Å². The fourth-order valence-electron chi connectivity index (χ4n) is 1.75. The molecule has 0 fully saturated rings. The fraction of sp³-hybridized carbons (Fsp3) is 0.278. The van der Waals surface area contributed by atoms with E-state index in [0.717, 1.165) is 11.3 Å². The van der Waals surface area contributed by atoms with Gasteiger partial charge in [-0.2, -0.15) is 0 Å². The minimum atomic E-state index is -0.360. The van der Waals surface area contributed by atoms with Crippen LogP contribution in [0.2, 0.25) is 0 Å². The molecule has 0 radical (unpaired) electrons. The number of Topliss-reactive ketones (excluding diaryl/α,β-unsaturated/α-hetero) is 1. The molecule has 0 aliphatic carbocycles. The Morgan fingerprint density at radius 1 is 0.952 bits per heavy atom. The molecule has 0 unspecified atom stereocenters. The Balaban J connectivity index is 2.02. The van der Waals surface area contributed by atoms with E-state index in [0.29, 0.717) is 0 Å². The number of carbonyl (C=O) groups excluding carboxylic acids is 1. The standard InChI is InChI=1S/C18H19IO2/c1-18(2,3)17(20)12-21-16-10-6-14(7-11-16)13-4-8-15(19)9-5-13/h4-11H,12H2,1-3H3. The number of benzene rings is 2. The summed E-state index contributed by atoms with van der Waals surface area (Å²) in [5, 5.41) is 0. The van der Waals surface area contributed by atoms with Crippen molar-refractivity contribution in [2.75, 3.05) is 6.61 Å². The van der Waals surface area contributed by atoms with Crippen molar-refractivity contribution in [1.82, 2.24) is 0 Å². The molecule has 3 heteroatoms. The molecule has 0 bridgehead atoms. The lowest BCUT2D eigenvalue weighted by molar-refractivity contribution is -0.128. The van der Waals surface area contributed by atoms with Crippen LogP contribution >= 0.6 is 22.6 Å². The summed E-state index contributed by atoms with van der Waals surface area (Å²) < 4.78 is 6.77. The zero-order valence-electron chi connectivity index (χ0n) is 12.5. The van der Waals surface area contributed by atoms with Crippen molar-refractivity contribution in [2.24, 2.45) is 5.41 Å². The van der Waals surface area contributed by atoms with Crippen LogP contribution in [0, 0.1) is 8.99 Å². The molecule has 0 saturated carbocycles. The van der Waals surface area contributed by atoms with Crippen molar-refractivity contribution in [3.8, 4) is 16.9 Å². The molecule has 0 atom stereocenters. The van der Waals surface area contributed by atoms with E-state index in [4.69, 9.17) is 4.74 Å². The molecule has 0 heterocycles. The topological polar surface area (TPSA) is 26.3 Å². The number of rotatable bonds is 4. The molecule has 2 nitrogen and oxygen atoms in total. The number of ketones is 1. The largest absolute Gasteiger partial charge is 0.486 e. The van der Waals surface area contributed by atoms with Crippen LogP contribution < -0.4 is 4.74 Å². The van der Waals surface area contributed by atoms with Crippen molar-refractivity contribution in [1.29, 1.82) is 0 Å². The van der Waals surface area contributed by atoms with Crippen LogP contribution in [0.5, 0.6) is 5.75 Å². The average Bonchev–Trinajstić information content (AvgIpc) is 2.45. The monoisotopic (exact) mass is 394 g/mol. The molecule has 0 amide bonds. The number of hydrogen-bond donors (Lipinski definition) is 0. The van der Waals surface area contributed by atoms with Crippen molar-refractivity contribution in [3.63, 3.8) is 0 Å². The van der Waals surface area contributed by atoms with Gasteiger partial charge in [0.2, 0.25) is 0 Å². The molecule has 110 valence electrons. The van der Waals surface area contributed by atoms with Gasteiger partial charge in [0.15, 0.2) is 5.78 Å². The minimum Gasteiger partial charge on any atom is -0.486 e. The van der Waals surface area contributed by atoms with E-state index in [1.165, 1.54) is 9.13 Å². The second kappa shape index (κ2) is 6.60. The Kier molecular flexibility index (Phi) is 5.04. The van der Waals surface area contributed by atoms with E-state index in [1.807, 2.05) is 45.0 Å². The van der Waals surface area contributed by atoms with Crippen LogP contribution in [0.3, 0.4) is 0 Å². The first-order valence-corrected chi connectivity index (χ1v) is 7.96. The Morgan fingerprint density at radius 2 is 1.43 bits per heavy atom. The molecule has 2 aromatic carbocycles. The molecule has 0 aliphatic heterocycles. The molecule has 0 aliphatic rings. The summed E-state index contributed by atoms with van der Waals surface area (Å²) in [5.41, 5.74) is 1.95. The van der Waals surface area contributed by atoms with Crippen molar-refractivity contribution >= 4 is 28.4 Å². The molecule has 0 aromatic heterocycles. The van der Waals surface area contributed by atoms with Gasteiger partial charge in [0.25, 0.3) is 0 Å². The second-order valence-corrected chi connectivity index (χ2v) is 7.24. The lowest BCUT2D eigenvalue weighted by Gasteiger charge is -2.16. The molecule has 0 N–H and O–H groups in total. The normalized spacial score (nSPS) is 11.2. The predicted octanol–water partition coefficient (Wildman–Crippen LogP) is 4.95. The van der Waals surface area contributed by atoms with Gasteiger partial charge in [-0.25, -0.2) is 0 Å². The quantitative estimate of drug-likeness (QED) is 0.686. The third kappa shape index (κ3) is 4.56. The summed E-state index contributed by atoms with van der Waals surface area (Å²) in [6, 6.07) is 16.2. The highest BCUT2D eigenvalue weighted by Gasteiger charge is 2.21. The highest BCUT2D eigenvalue weighted by molar-refractivity contribution is 14.1. The van der Waals surface area contributed by atoms with Gasteiger partial charge in [-0.05, 0) is 58.0 Å². The third-order valence-electron chi connectivity index (χ3n) is 3.24. The van der Waals surface area contributed by atoms with Crippen molar-refractivity contribution in [3.05, 3.63) is 52.1 Å². The lowest BCUT2D eigenvalue weighted by atomic mass is 9.91. The number of hydrogen-bond acceptors (Lipinski definition) is 2. The van der Waals surface area contributed by atoms with Crippen molar-refractivity contribution < 1.29 is 9.53 Å². The highest BCUT2D eigenvalue weighted by atomic mass is 127. The highest BCUT2D eigenvalue weighted by Crippen LogP contribution is 2.23. The maximum Gasteiger partial charge on any atom is 0.175 e. The van der Waals surface area contributed by atoms with E-state index in [2.05, 4.69) is 46.9 Å². The molecular formula is C18H19IO2. The Bertz CT molecular complexity index is 607. The summed E-state index contributed by atoms with van der Waals surface area (Å²) in [5.74, 6) is 0.825. The average molecular weight is 394 g/mol. The van der Waals surface area contributed by atoms with Gasteiger partial charge in [0.1, 0.15) is 12.4 Å². The number of halogens is 1. The van der Waals surface area contributed by atoms with Crippen LogP contribution in [-0.4, -0.2) is 12.4 Å². The summed E-state index contributed by atoms with van der Waals surface area (Å²) >= 11 is 2.29. The van der Waals surface area contributed by atoms with Gasteiger partial charge in [0.05, 0.1) is 0 Å². The van der Waals surface area contributed by atoms with Crippen LogP contribution in [0.15, 0.2) is 48.5 Å². The second-order valence-electron chi connectivity index (χ2n) is 5.99. The van der Waals surface area contributed by atoms with Crippen LogP contribution in [0.25, 0.3) is 11.1 Å². The van der Waals surface area contributed by atoms with Gasteiger partial charge in [0, 0.05) is 8.99 Å². The number of ether oxygens (including phenoxy) is 1. The smallest absolute Gasteiger partial charge is 0.175 e. The van der Waals surface area contributed by atoms with Crippen LogP contribution in [0.4, 0.5) is 0 Å². The maximum atomic E-state index is 11.8. The first-order valence-electron chi connectivity index (χ1n) is 6.88.